The Morgan fingerprint density at radius 2 is 1.71 bits per heavy atom. The van der Waals surface area contributed by atoms with Crippen LogP contribution in [0.3, 0.4) is 0 Å². The number of benzene rings is 3. The molecule has 2 heterocycles. The molecule has 0 bridgehead atoms. The summed E-state index contributed by atoms with van der Waals surface area (Å²) in [5, 5.41) is 3.38. The second kappa shape index (κ2) is 9.26. The van der Waals surface area contributed by atoms with Crippen molar-refractivity contribution < 1.29 is 4.79 Å². The van der Waals surface area contributed by atoms with Gasteiger partial charge in [-0.2, -0.15) is 0 Å². The van der Waals surface area contributed by atoms with Crippen molar-refractivity contribution in [3.05, 3.63) is 107 Å². The number of para-hydroxylation sites is 1. The van der Waals surface area contributed by atoms with Crippen molar-refractivity contribution >= 4 is 35.1 Å². The standard InChI is InChI=1S/C30H28N4O/c1-30(2,3)23-14-12-21(13-15-23)27(35)17-20-8-7-9-22(16-20)25-18-26-28(32-19-31-26)29(34-25)33-24-10-5-4-6-11-24/h4-16,18-19,26H,17H2,1-3H3,(H,33,34). The van der Waals surface area contributed by atoms with Crippen molar-refractivity contribution in [2.75, 3.05) is 5.32 Å². The van der Waals surface area contributed by atoms with Crippen LogP contribution in [0.15, 0.2) is 99.9 Å². The van der Waals surface area contributed by atoms with E-state index in [1.807, 2.05) is 84.9 Å². The number of hydrogen-bond acceptors (Lipinski definition) is 5. The fourth-order valence-corrected chi connectivity index (χ4v) is 4.20. The van der Waals surface area contributed by atoms with E-state index in [0.717, 1.165) is 33.8 Å². The van der Waals surface area contributed by atoms with E-state index in [9.17, 15) is 4.79 Å². The van der Waals surface area contributed by atoms with Crippen LogP contribution in [0.25, 0.3) is 5.70 Å². The molecule has 3 aromatic rings. The number of rotatable bonds is 5. The summed E-state index contributed by atoms with van der Waals surface area (Å²) < 4.78 is 0. The Morgan fingerprint density at radius 3 is 2.46 bits per heavy atom. The summed E-state index contributed by atoms with van der Waals surface area (Å²) in [6.07, 6.45) is 3.94. The summed E-state index contributed by atoms with van der Waals surface area (Å²) in [4.78, 5) is 26.8. The van der Waals surface area contributed by atoms with Crippen LogP contribution < -0.4 is 5.32 Å². The molecular formula is C30H28N4O. The minimum absolute atomic E-state index is 0.0618. The molecule has 1 N–H and O–H groups in total. The molecule has 35 heavy (non-hydrogen) atoms. The highest BCUT2D eigenvalue weighted by molar-refractivity contribution is 6.50. The van der Waals surface area contributed by atoms with Gasteiger partial charge in [0.1, 0.15) is 18.1 Å². The highest BCUT2D eigenvalue weighted by Crippen LogP contribution is 2.26. The predicted molar refractivity (Wildman–Crippen MR) is 145 cm³/mol. The van der Waals surface area contributed by atoms with Crippen molar-refractivity contribution in [1.82, 2.24) is 0 Å². The van der Waals surface area contributed by atoms with Gasteiger partial charge < -0.3 is 5.32 Å². The van der Waals surface area contributed by atoms with E-state index < -0.39 is 0 Å². The molecule has 1 atom stereocenters. The van der Waals surface area contributed by atoms with Crippen LogP contribution in [-0.2, 0) is 11.8 Å². The van der Waals surface area contributed by atoms with Crippen LogP contribution in [0, 0.1) is 0 Å². The van der Waals surface area contributed by atoms with E-state index >= 15 is 0 Å². The summed E-state index contributed by atoms with van der Waals surface area (Å²) >= 11 is 0. The predicted octanol–water partition coefficient (Wildman–Crippen LogP) is 6.13. The summed E-state index contributed by atoms with van der Waals surface area (Å²) in [5.74, 6) is 0.793. The molecule has 0 radical (unpaired) electrons. The average molecular weight is 461 g/mol. The first-order valence-corrected chi connectivity index (χ1v) is 11.8. The second-order valence-electron chi connectivity index (χ2n) is 9.85. The van der Waals surface area contributed by atoms with Gasteiger partial charge in [-0.15, -0.1) is 0 Å². The van der Waals surface area contributed by atoms with Gasteiger partial charge in [-0.25, -0.2) is 9.98 Å². The maximum absolute atomic E-state index is 13.0. The number of anilines is 1. The van der Waals surface area contributed by atoms with Crippen molar-refractivity contribution in [2.45, 2.75) is 38.6 Å². The first-order chi connectivity index (χ1) is 16.9. The van der Waals surface area contributed by atoms with Gasteiger partial charge in [0.05, 0.1) is 5.70 Å². The molecule has 0 aliphatic carbocycles. The summed E-state index contributed by atoms with van der Waals surface area (Å²) in [6.45, 7) is 6.51. The third-order valence-corrected chi connectivity index (χ3v) is 6.19. The molecule has 0 fully saturated rings. The molecule has 5 rings (SSSR count). The van der Waals surface area contributed by atoms with Crippen LogP contribution in [0.2, 0.25) is 0 Å². The molecule has 174 valence electrons. The molecule has 5 nitrogen and oxygen atoms in total. The molecular weight excluding hydrogens is 432 g/mol. The number of carbonyl (C=O) groups is 1. The quantitative estimate of drug-likeness (QED) is 0.466. The zero-order chi connectivity index (χ0) is 24.4. The Kier molecular flexibility index (Phi) is 6.00. The second-order valence-corrected chi connectivity index (χ2v) is 9.85. The van der Waals surface area contributed by atoms with Crippen molar-refractivity contribution in [3.8, 4) is 0 Å². The maximum Gasteiger partial charge on any atom is 0.167 e. The van der Waals surface area contributed by atoms with Gasteiger partial charge in [-0.3, -0.25) is 9.79 Å². The van der Waals surface area contributed by atoms with Gasteiger partial charge in [-0.1, -0.05) is 81.4 Å². The molecule has 0 saturated carbocycles. The lowest BCUT2D eigenvalue weighted by molar-refractivity contribution is 0.0993. The minimum Gasteiger partial charge on any atom is -0.339 e. The number of Topliss-reactive ketones (excluding diaryl/α,β-unsaturated/α-hetero) is 1. The Balaban J connectivity index is 1.37. The third-order valence-electron chi connectivity index (χ3n) is 6.19. The number of fused-ring (bicyclic) bond motifs is 1. The molecule has 0 amide bonds. The summed E-state index contributed by atoms with van der Waals surface area (Å²) in [5.41, 5.74) is 6.48. The maximum atomic E-state index is 13.0. The Labute approximate surface area is 206 Å². The van der Waals surface area contributed by atoms with Gasteiger partial charge in [0.15, 0.2) is 11.6 Å². The van der Waals surface area contributed by atoms with E-state index in [1.54, 1.807) is 6.34 Å². The molecule has 0 saturated heterocycles. The Bertz CT molecular complexity index is 1370. The Morgan fingerprint density at radius 1 is 0.943 bits per heavy atom. The number of ketones is 1. The monoisotopic (exact) mass is 460 g/mol. The molecule has 2 aliphatic heterocycles. The van der Waals surface area contributed by atoms with E-state index in [0.29, 0.717) is 12.3 Å². The van der Waals surface area contributed by atoms with E-state index in [1.165, 1.54) is 5.56 Å². The Hall–Kier alpha value is -4.12. The third kappa shape index (κ3) is 5.04. The van der Waals surface area contributed by atoms with E-state index in [-0.39, 0.29) is 17.2 Å². The molecule has 5 heteroatoms. The zero-order valence-electron chi connectivity index (χ0n) is 20.2. The van der Waals surface area contributed by atoms with Crippen molar-refractivity contribution in [1.29, 1.82) is 0 Å². The first kappa shape index (κ1) is 22.7. The smallest absolute Gasteiger partial charge is 0.167 e. The number of nitrogens with one attached hydrogen (secondary N) is 1. The topological polar surface area (TPSA) is 66.2 Å². The van der Waals surface area contributed by atoms with Crippen molar-refractivity contribution in [3.63, 3.8) is 0 Å². The highest BCUT2D eigenvalue weighted by atomic mass is 16.1. The van der Waals surface area contributed by atoms with E-state index in [4.69, 9.17) is 4.99 Å². The van der Waals surface area contributed by atoms with Gasteiger partial charge in [0, 0.05) is 23.2 Å². The van der Waals surface area contributed by atoms with Crippen LogP contribution in [-0.4, -0.2) is 29.7 Å². The van der Waals surface area contributed by atoms with Crippen LogP contribution >= 0.6 is 0 Å². The SMILES string of the molecule is CC(C)(C)c1ccc(C(=O)Cc2cccc(C3=CC4N=CN=C4C(Nc4ccccc4)=N3)c2)cc1. The lowest BCUT2D eigenvalue weighted by Crippen LogP contribution is -2.32. The fraction of sp³-hybridized carbons (Fsp3) is 0.200. The van der Waals surface area contributed by atoms with Crippen LogP contribution in [0.4, 0.5) is 5.69 Å². The molecule has 2 aliphatic rings. The lowest BCUT2D eigenvalue weighted by Gasteiger charge is -2.19. The van der Waals surface area contributed by atoms with Gasteiger partial charge >= 0.3 is 0 Å². The van der Waals surface area contributed by atoms with Crippen LogP contribution in [0.5, 0.6) is 0 Å². The molecule has 0 aromatic heterocycles. The molecule has 1 unspecified atom stereocenters. The fourth-order valence-electron chi connectivity index (χ4n) is 4.20. The lowest BCUT2D eigenvalue weighted by atomic mass is 9.86. The number of nitrogens with zero attached hydrogens (tertiary/aromatic N) is 3. The number of hydrogen-bond donors (Lipinski definition) is 1. The first-order valence-electron chi connectivity index (χ1n) is 11.8. The molecule has 3 aromatic carbocycles. The van der Waals surface area contributed by atoms with Crippen molar-refractivity contribution in [2.24, 2.45) is 15.0 Å². The minimum atomic E-state index is -0.166. The highest BCUT2D eigenvalue weighted by Gasteiger charge is 2.27. The average Bonchev–Trinajstić information content (AvgIpc) is 3.34. The number of amidine groups is 1. The van der Waals surface area contributed by atoms with Gasteiger partial charge in [0.2, 0.25) is 0 Å². The number of carbonyl (C=O) groups excluding carboxylic acids is 1. The number of aliphatic imine (C=N–C) groups is 3. The normalized spacial score (nSPS) is 16.8. The van der Waals surface area contributed by atoms with Gasteiger partial charge in [0.25, 0.3) is 0 Å². The molecule has 0 spiro atoms. The van der Waals surface area contributed by atoms with Gasteiger partial charge in [-0.05, 0) is 40.8 Å². The largest absolute Gasteiger partial charge is 0.339 e. The summed E-state index contributed by atoms with van der Waals surface area (Å²) in [7, 11) is 0. The van der Waals surface area contributed by atoms with E-state index in [2.05, 4.69) is 36.1 Å². The zero-order valence-corrected chi connectivity index (χ0v) is 20.2. The summed E-state index contributed by atoms with van der Waals surface area (Å²) in [6, 6.07) is 25.7. The van der Waals surface area contributed by atoms with Crippen LogP contribution in [0.1, 0.15) is 47.8 Å².